The molecule has 0 aromatic carbocycles. The van der Waals surface area contributed by atoms with Crippen LogP contribution in [0.25, 0.3) is 0 Å². The van der Waals surface area contributed by atoms with Crippen molar-refractivity contribution in [2.24, 2.45) is 11.8 Å². The van der Waals surface area contributed by atoms with Gasteiger partial charge in [-0.15, -0.1) is 0 Å². The van der Waals surface area contributed by atoms with Crippen molar-refractivity contribution in [2.45, 2.75) is 70.8 Å². The predicted octanol–water partition coefficient (Wildman–Crippen LogP) is 3.65. The maximum absolute atomic E-state index is 11.1. The third-order valence-corrected chi connectivity index (χ3v) is 4.20. The number of allylic oxidation sites excluding steroid dienone is 2. The van der Waals surface area contributed by atoms with Crippen molar-refractivity contribution in [1.29, 1.82) is 0 Å². The molecule has 116 valence electrons. The maximum Gasteiger partial charge on any atom is 0.309 e. The SMILES string of the molecule is CCCCCCCC/C=C(\O)C1CCC(O)C1C(=O)O. The smallest absolute Gasteiger partial charge is 0.309 e. The number of aliphatic carboxylic acids is 1. The molecule has 1 aliphatic carbocycles. The van der Waals surface area contributed by atoms with Crippen LogP contribution in [-0.4, -0.2) is 27.4 Å². The number of aliphatic hydroxyl groups is 2. The van der Waals surface area contributed by atoms with Gasteiger partial charge in [0.2, 0.25) is 0 Å². The Morgan fingerprint density at radius 1 is 1.10 bits per heavy atom. The van der Waals surface area contributed by atoms with Crippen molar-refractivity contribution < 1.29 is 20.1 Å². The molecule has 20 heavy (non-hydrogen) atoms. The third-order valence-electron chi connectivity index (χ3n) is 4.20. The molecule has 3 unspecified atom stereocenters. The fraction of sp³-hybridized carbons (Fsp3) is 0.812. The molecule has 0 amide bonds. The van der Waals surface area contributed by atoms with Crippen LogP contribution in [0.1, 0.15) is 64.7 Å². The van der Waals surface area contributed by atoms with Crippen LogP contribution < -0.4 is 0 Å². The van der Waals surface area contributed by atoms with E-state index in [9.17, 15) is 15.0 Å². The van der Waals surface area contributed by atoms with Crippen LogP contribution in [0, 0.1) is 11.8 Å². The summed E-state index contributed by atoms with van der Waals surface area (Å²) >= 11 is 0. The van der Waals surface area contributed by atoms with E-state index in [0.29, 0.717) is 12.8 Å². The van der Waals surface area contributed by atoms with Crippen molar-refractivity contribution in [3.63, 3.8) is 0 Å². The molecule has 0 radical (unpaired) electrons. The lowest BCUT2D eigenvalue weighted by atomic mass is 9.92. The van der Waals surface area contributed by atoms with Gasteiger partial charge in [-0.1, -0.05) is 39.0 Å². The molecule has 0 aromatic rings. The summed E-state index contributed by atoms with van der Waals surface area (Å²) < 4.78 is 0. The van der Waals surface area contributed by atoms with E-state index in [-0.39, 0.29) is 5.76 Å². The number of hydrogen-bond donors (Lipinski definition) is 3. The molecular formula is C16H28O4. The minimum atomic E-state index is -1.01. The van der Waals surface area contributed by atoms with E-state index in [1.54, 1.807) is 6.08 Å². The molecule has 4 nitrogen and oxygen atoms in total. The minimum absolute atomic E-state index is 0.155. The summed E-state index contributed by atoms with van der Waals surface area (Å²) in [6.07, 6.45) is 9.90. The third kappa shape index (κ3) is 5.16. The lowest BCUT2D eigenvalue weighted by Crippen LogP contribution is -2.28. The zero-order valence-electron chi connectivity index (χ0n) is 12.4. The van der Waals surface area contributed by atoms with Gasteiger partial charge in [-0.2, -0.15) is 0 Å². The van der Waals surface area contributed by atoms with Crippen LogP contribution in [0.3, 0.4) is 0 Å². The first-order valence-corrected chi connectivity index (χ1v) is 7.87. The molecule has 0 heterocycles. The molecule has 0 aromatic heterocycles. The highest BCUT2D eigenvalue weighted by Gasteiger charge is 2.42. The fourth-order valence-electron chi connectivity index (χ4n) is 2.97. The van der Waals surface area contributed by atoms with Crippen molar-refractivity contribution >= 4 is 5.97 Å². The Balaban J connectivity index is 2.31. The van der Waals surface area contributed by atoms with Gasteiger partial charge in [0.15, 0.2) is 0 Å². The highest BCUT2D eigenvalue weighted by atomic mass is 16.4. The molecule has 3 N–H and O–H groups in total. The largest absolute Gasteiger partial charge is 0.512 e. The van der Waals surface area contributed by atoms with Crippen LogP contribution in [0.15, 0.2) is 11.8 Å². The van der Waals surface area contributed by atoms with Gasteiger partial charge in [-0.05, 0) is 31.8 Å². The second-order valence-electron chi connectivity index (χ2n) is 5.80. The van der Waals surface area contributed by atoms with E-state index in [1.807, 2.05) is 0 Å². The first-order chi connectivity index (χ1) is 9.57. The minimum Gasteiger partial charge on any atom is -0.512 e. The maximum atomic E-state index is 11.1. The van der Waals surface area contributed by atoms with E-state index >= 15 is 0 Å². The van der Waals surface area contributed by atoms with Crippen LogP contribution in [0.2, 0.25) is 0 Å². The summed E-state index contributed by atoms with van der Waals surface area (Å²) in [7, 11) is 0. The Labute approximate surface area is 121 Å². The van der Waals surface area contributed by atoms with Gasteiger partial charge in [0.05, 0.1) is 17.8 Å². The Bertz CT molecular complexity index is 324. The molecule has 1 aliphatic rings. The van der Waals surface area contributed by atoms with Gasteiger partial charge in [0.1, 0.15) is 0 Å². The van der Waals surface area contributed by atoms with Crippen LogP contribution >= 0.6 is 0 Å². The zero-order valence-corrected chi connectivity index (χ0v) is 12.4. The molecule has 0 saturated heterocycles. The number of carbonyl (C=O) groups is 1. The first kappa shape index (κ1) is 17.0. The van der Waals surface area contributed by atoms with E-state index in [1.165, 1.54) is 25.7 Å². The van der Waals surface area contributed by atoms with E-state index in [4.69, 9.17) is 5.11 Å². The van der Waals surface area contributed by atoms with Gasteiger partial charge in [0.25, 0.3) is 0 Å². The molecule has 4 heteroatoms. The van der Waals surface area contributed by atoms with Crippen LogP contribution in [-0.2, 0) is 4.79 Å². The van der Waals surface area contributed by atoms with Crippen LogP contribution in [0.5, 0.6) is 0 Å². The van der Waals surface area contributed by atoms with Crippen molar-refractivity contribution in [1.82, 2.24) is 0 Å². The highest BCUT2D eigenvalue weighted by Crippen LogP contribution is 2.36. The molecule has 0 bridgehead atoms. The average molecular weight is 284 g/mol. The van der Waals surface area contributed by atoms with Gasteiger partial charge >= 0.3 is 5.97 Å². The Morgan fingerprint density at radius 2 is 1.75 bits per heavy atom. The van der Waals surface area contributed by atoms with Crippen molar-refractivity contribution in [3.8, 4) is 0 Å². The molecule has 3 atom stereocenters. The van der Waals surface area contributed by atoms with Gasteiger partial charge in [-0.25, -0.2) is 0 Å². The summed E-state index contributed by atoms with van der Waals surface area (Å²) in [4.78, 5) is 11.1. The summed E-state index contributed by atoms with van der Waals surface area (Å²) in [6.45, 7) is 2.19. The second kappa shape index (κ2) is 9.01. The molecule has 0 aliphatic heterocycles. The normalized spacial score (nSPS) is 26.9. The van der Waals surface area contributed by atoms with Crippen molar-refractivity contribution in [3.05, 3.63) is 11.8 Å². The monoisotopic (exact) mass is 284 g/mol. The van der Waals surface area contributed by atoms with Crippen LogP contribution in [0.4, 0.5) is 0 Å². The summed E-state index contributed by atoms with van der Waals surface area (Å²) in [5.41, 5.74) is 0. The number of carboxylic acid groups (broad SMARTS) is 1. The van der Waals surface area contributed by atoms with Crippen molar-refractivity contribution in [2.75, 3.05) is 0 Å². The summed E-state index contributed by atoms with van der Waals surface area (Å²) in [6, 6.07) is 0. The fourth-order valence-corrected chi connectivity index (χ4v) is 2.97. The number of rotatable bonds is 9. The topological polar surface area (TPSA) is 77.8 Å². The first-order valence-electron chi connectivity index (χ1n) is 7.87. The number of carboxylic acids is 1. The van der Waals surface area contributed by atoms with E-state index in [0.717, 1.165) is 19.3 Å². The summed E-state index contributed by atoms with van der Waals surface area (Å²) in [5.74, 6) is -2.12. The Morgan fingerprint density at radius 3 is 2.40 bits per heavy atom. The lowest BCUT2D eigenvalue weighted by molar-refractivity contribution is -0.146. The number of aliphatic hydroxyl groups excluding tert-OH is 2. The second-order valence-corrected chi connectivity index (χ2v) is 5.80. The Kier molecular flexibility index (Phi) is 7.67. The van der Waals surface area contributed by atoms with Gasteiger partial charge in [0, 0.05) is 5.92 Å². The Hall–Kier alpha value is -1.03. The highest BCUT2D eigenvalue weighted by molar-refractivity contribution is 5.72. The van der Waals surface area contributed by atoms with E-state index in [2.05, 4.69) is 6.92 Å². The molecule has 1 saturated carbocycles. The predicted molar refractivity (Wildman–Crippen MR) is 78.6 cm³/mol. The average Bonchev–Trinajstić information content (AvgIpc) is 2.79. The molecule has 1 fully saturated rings. The molecule has 1 rings (SSSR count). The number of unbranched alkanes of at least 4 members (excludes halogenated alkanes) is 6. The standard InChI is InChI=1S/C16H28O4/c1-2-3-4-5-6-7-8-9-13(17)12-10-11-14(18)15(12)16(19)20/h9,12,14-15,17-18H,2-8,10-11H2,1H3,(H,19,20)/b13-9-. The van der Waals surface area contributed by atoms with Gasteiger partial charge in [-0.3, -0.25) is 4.79 Å². The zero-order chi connectivity index (χ0) is 15.0. The van der Waals surface area contributed by atoms with Gasteiger partial charge < -0.3 is 15.3 Å². The summed E-state index contributed by atoms with van der Waals surface area (Å²) in [5, 5.41) is 28.8. The quantitative estimate of drug-likeness (QED) is 0.446. The molecular weight excluding hydrogens is 256 g/mol. The number of hydrogen-bond acceptors (Lipinski definition) is 3. The lowest BCUT2D eigenvalue weighted by Gasteiger charge is -2.17. The molecule has 0 spiro atoms. The van der Waals surface area contributed by atoms with E-state index < -0.39 is 23.9 Å².